The lowest BCUT2D eigenvalue weighted by atomic mass is 10.1. The van der Waals surface area contributed by atoms with Crippen molar-refractivity contribution in [2.75, 3.05) is 5.75 Å². The van der Waals surface area contributed by atoms with E-state index >= 15 is 0 Å². The van der Waals surface area contributed by atoms with E-state index in [1.165, 1.54) is 11.8 Å². The minimum Gasteiger partial charge on any atom is -0.550 e. The Hall–Kier alpha value is -2.25. The molecule has 0 bridgehead atoms. The van der Waals surface area contributed by atoms with Crippen molar-refractivity contribution in [3.05, 3.63) is 52.4 Å². The van der Waals surface area contributed by atoms with Gasteiger partial charge in [-0.1, -0.05) is 11.6 Å². The number of hydrogen-bond donors (Lipinski definition) is 1. The summed E-state index contributed by atoms with van der Waals surface area (Å²) in [5, 5.41) is 15.3. The number of aliphatic carboxylic acids is 1. The first-order chi connectivity index (χ1) is 12.3. The molecule has 0 atom stereocenters. The second-order valence-electron chi connectivity index (χ2n) is 5.53. The smallest absolute Gasteiger partial charge is 0.250 e. The Labute approximate surface area is 160 Å². The van der Waals surface area contributed by atoms with Gasteiger partial charge in [-0.05, 0) is 50.6 Å². The zero-order chi connectivity index (χ0) is 19.1. The molecule has 0 saturated heterocycles. The summed E-state index contributed by atoms with van der Waals surface area (Å²) in [6.45, 7) is 3.50. The zero-order valence-electron chi connectivity index (χ0n) is 14.4. The maximum Gasteiger partial charge on any atom is 0.250 e. The number of carbonyl (C=O) groups excluding carboxylic acids is 2. The van der Waals surface area contributed by atoms with Crippen molar-refractivity contribution in [3.8, 4) is 0 Å². The van der Waals surface area contributed by atoms with Crippen LogP contribution in [0, 0.1) is 6.92 Å². The number of carbonyl (C=O) groups is 2. The average molecular weight is 394 g/mol. The molecular weight excluding hydrogens is 376 g/mol. The summed E-state index contributed by atoms with van der Waals surface area (Å²) in [7, 11) is 0. The maximum absolute atomic E-state index is 11.9. The number of hydrogen-bond acceptors (Lipinski definition) is 6. The van der Waals surface area contributed by atoms with Gasteiger partial charge < -0.3 is 14.3 Å². The van der Waals surface area contributed by atoms with Gasteiger partial charge in [0.1, 0.15) is 11.5 Å². The van der Waals surface area contributed by atoms with Gasteiger partial charge in [-0.2, -0.15) is 5.10 Å². The molecule has 1 aromatic heterocycles. The second-order valence-corrected chi connectivity index (χ2v) is 7.01. The molecule has 138 valence electrons. The molecule has 8 heteroatoms. The van der Waals surface area contributed by atoms with Crippen LogP contribution in [-0.2, 0) is 16.0 Å². The molecule has 0 spiro atoms. The minimum atomic E-state index is -1.13. The summed E-state index contributed by atoms with van der Waals surface area (Å²) < 4.78 is 5.51. The highest BCUT2D eigenvalue weighted by atomic mass is 35.5. The summed E-state index contributed by atoms with van der Waals surface area (Å²) >= 11 is 7.20. The van der Waals surface area contributed by atoms with Crippen molar-refractivity contribution in [1.29, 1.82) is 0 Å². The van der Waals surface area contributed by atoms with Gasteiger partial charge >= 0.3 is 0 Å². The first-order valence-corrected chi connectivity index (χ1v) is 9.22. The molecule has 6 nitrogen and oxygen atoms in total. The predicted molar refractivity (Wildman–Crippen MR) is 99.3 cm³/mol. The fourth-order valence-corrected chi connectivity index (χ4v) is 2.99. The van der Waals surface area contributed by atoms with Crippen molar-refractivity contribution < 1.29 is 19.1 Å². The van der Waals surface area contributed by atoms with Crippen LogP contribution in [-0.4, -0.2) is 23.3 Å². The number of thioether (sulfide) groups is 1. The molecular formula is C18H18ClN2O4S-. The lowest BCUT2D eigenvalue weighted by molar-refractivity contribution is -0.305. The fourth-order valence-electron chi connectivity index (χ4n) is 2.17. The third-order valence-electron chi connectivity index (χ3n) is 3.47. The number of nitrogens with one attached hydrogen (secondary N) is 1. The molecule has 2 rings (SSSR count). The van der Waals surface area contributed by atoms with Crippen LogP contribution in [0.25, 0.3) is 0 Å². The highest BCUT2D eigenvalue weighted by Crippen LogP contribution is 2.20. The van der Waals surface area contributed by atoms with Crippen LogP contribution in [0.15, 0.2) is 44.7 Å². The lowest BCUT2D eigenvalue weighted by Gasteiger charge is -2.03. The highest BCUT2D eigenvalue weighted by molar-refractivity contribution is 8.00. The Kier molecular flexibility index (Phi) is 7.29. The van der Waals surface area contributed by atoms with Crippen molar-refractivity contribution in [2.45, 2.75) is 31.6 Å². The molecule has 1 amide bonds. The predicted octanol–water partition coefficient (Wildman–Crippen LogP) is 2.56. The van der Waals surface area contributed by atoms with Gasteiger partial charge in [-0.25, -0.2) is 5.43 Å². The van der Waals surface area contributed by atoms with E-state index in [1.807, 2.05) is 12.1 Å². The standard InChI is InChI=1S/C18H19ClN2O4S/c1-11(16-9-14(25-12(16)2)5-8-18(23)24)20-21-17(22)10-26-15-6-3-13(19)4-7-15/h3-4,6-7,9H,5,8,10H2,1-2H3,(H,21,22)(H,23,24)/p-1/b20-11-. The number of carboxylic acids is 1. The first kappa shape index (κ1) is 20.1. The number of carboxylic acid groups (broad SMARTS) is 1. The molecule has 1 heterocycles. The minimum absolute atomic E-state index is 0.110. The quantitative estimate of drug-likeness (QED) is 0.422. The van der Waals surface area contributed by atoms with Gasteiger partial charge in [0.05, 0.1) is 11.5 Å². The largest absolute Gasteiger partial charge is 0.550 e. The van der Waals surface area contributed by atoms with Crippen molar-refractivity contribution in [3.63, 3.8) is 0 Å². The van der Waals surface area contributed by atoms with Gasteiger partial charge in [-0.15, -0.1) is 11.8 Å². The van der Waals surface area contributed by atoms with Gasteiger partial charge in [0, 0.05) is 27.9 Å². The van der Waals surface area contributed by atoms with E-state index in [0.29, 0.717) is 22.3 Å². The van der Waals surface area contributed by atoms with Crippen LogP contribution < -0.4 is 10.5 Å². The summed E-state index contributed by atoms with van der Waals surface area (Å²) in [6, 6.07) is 8.95. The molecule has 0 saturated carbocycles. The SMILES string of the molecule is C/C(=N/NC(=O)CSc1ccc(Cl)cc1)c1cc(CCC(=O)[O-])oc1C. The van der Waals surface area contributed by atoms with Crippen molar-refractivity contribution in [1.82, 2.24) is 5.43 Å². The molecule has 0 radical (unpaired) electrons. The Morgan fingerprint density at radius 1 is 1.31 bits per heavy atom. The maximum atomic E-state index is 11.9. The number of furan rings is 1. The van der Waals surface area contributed by atoms with Crippen molar-refractivity contribution in [2.24, 2.45) is 5.10 Å². The second kappa shape index (κ2) is 9.45. The average Bonchev–Trinajstić information content (AvgIpc) is 2.98. The van der Waals surface area contributed by atoms with Gasteiger partial charge in [0.15, 0.2) is 0 Å². The summed E-state index contributed by atoms with van der Waals surface area (Å²) in [6.07, 6.45) is 0.141. The summed E-state index contributed by atoms with van der Waals surface area (Å²) in [4.78, 5) is 23.4. The van der Waals surface area contributed by atoms with E-state index in [2.05, 4.69) is 10.5 Å². The number of benzene rings is 1. The van der Waals surface area contributed by atoms with Gasteiger partial charge in [0.25, 0.3) is 0 Å². The van der Waals surface area contributed by atoms with Crippen molar-refractivity contribution >= 4 is 41.0 Å². The zero-order valence-corrected chi connectivity index (χ0v) is 15.9. The summed E-state index contributed by atoms with van der Waals surface area (Å²) in [5.74, 6) is 0.0175. The molecule has 0 aliphatic rings. The van der Waals surface area contributed by atoms with Crippen LogP contribution in [0.2, 0.25) is 5.02 Å². The van der Waals surface area contributed by atoms with Crippen LogP contribution in [0.1, 0.15) is 30.4 Å². The topological polar surface area (TPSA) is 94.7 Å². The Morgan fingerprint density at radius 3 is 2.65 bits per heavy atom. The molecule has 0 fully saturated rings. The van der Waals surface area contributed by atoms with Crippen LogP contribution in [0.4, 0.5) is 0 Å². The number of halogens is 1. The molecule has 26 heavy (non-hydrogen) atoms. The number of hydrazone groups is 1. The molecule has 1 aromatic carbocycles. The van der Waals surface area contributed by atoms with E-state index in [9.17, 15) is 14.7 Å². The number of nitrogens with zero attached hydrogens (tertiary/aromatic N) is 1. The first-order valence-electron chi connectivity index (χ1n) is 7.86. The molecule has 0 aliphatic heterocycles. The van der Waals surface area contributed by atoms with Gasteiger partial charge in [0.2, 0.25) is 5.91 Å². The Bertz CT molecular complexity index is 815. The van der Waals surface area contributed by atoms with Crippen LogP contribution >= 0.6 is 23.4 Å². The van der Waals surface area contributed by atoms with Crippen LogP contribution in [0.5, 0.6) is 0 Å². The van der Waals surface area contributed by atoms with E-state index < -0.39 is 5.97 Å². The van der Waals surface area contributed by atoms with E-state index in [-0.39, 0.29) is 24.5 Å². The Balaban J connectivity index is 1.89. The normalized spacial score (nSPS) is 11.4. The molecule has 0 unspecified atom stereocenters. The third kappa shape index (κ3) is 6.24. The Morgan fingerprint density at radius 2 is 2.00 bits per heavy atom. The lowest BCUT2D eigenvalue weighted by Crippen LogP contribution is -2.22. The monoisotopic (exact) mass is 393 g/mol. The highest BCUT2D eigenvalue weighted by Gasteiger charge is 2.11. The number of amides is 1. The van der Waals surface area contributed by atoms with Crippen LogP contribution in [0.3, 0.4) is 0 Å². The molecule has 0 aliphatic carbocycles. The van der Waals surface area contributed by atoms with Gasteiger partial charge in [-0.3, -0.25) is 4.79 Å². The molecule has 2 aromatic rings. The van der Waals surface area contributed by atoms with E-state index in [4.69, 9.17) is 16.0 Å². The molecule has 1 N–H and O–H groups in total. The third-order valence-corrected chi connectivity index (χ3v) is 4.73. The van der Waals surface area contributed by atoms with E-state index in [0.717, 1.165) is 10.5 Å². The number of rotatable bonds is 8. The fraction of sp³-hybridized carbons (Fsp3) is 0.278. The van der Waals surface area contributed by atoms with E-state index in [1.54, 1.807) is 32.0 Å². The number of aryl methyl sites for hydroxylation is 2. The summed E-state index contributed by atoms with van der Waals surface area (Å²) in [5.41, 5.74) is 3.81.